The van der Waals surface area contributed by atoms with E-state index in [1.165, 1.54) is 0 Å². The highest BCUT2D eigenvalue weighted by Gasteiger charge is 2.35. The van der Waals surface area contributed by atoms with Gasteiger partial charge >= 0.3 is 0 Å². The molecule has 1 amide bonds. The van der Waals surface area contributed by atoms with Crippen LogP contribution in [0.4, 0.5) is 0 Å². The number of phenols is 1. The first-order valence-electron chi connectivity index (χ1n) is 8.60. The molecule has 0 spiro atoms. The molecule has 1 aliphatic heterocycles. The Labute approximate surface area is 168 Å². The highest BCUT2D eigenvalue weighted by Crippen LogP contribution is 2.39. The number of carbonyl (C=O) groups is 1. The van der Waals surface area contributed by atoms with E-state index in [-0.39, 0.29) is 30.1 Å². The summed E-state index contributed by atoms with van der Waals surface area (Å²) in [5.41, 5.74) is 9.82. The number of aromatic nitrogens is 1. The third-order valence-corrected chi connectivity index (χ3v) is 5.18. The van der Waals surface area contributed by atoms with E-state index in [0.717, 1.165) is 34.1 Å². The fourth-order valence-electron chi connectivity index (χ4n) is 3.80. The average Bonchev–Trinajstić information content (AvgIpc) is 2.98. The Balaban J connectivity index is 0.00000210. The van der Waals surface area contributed by atoms with Crippen molar-refractivity contribution in [3.8, 4) is 5.75 Å². The number of fused-ring (bicyclic) bond motifs is 3. The number of nitrogens with two attached hydrogens (primary N) is 1. The number of nitrogens with zero attached hydrogens (tertiary/aromatic N) is 1. The molecule has 5 nitrogen and oxygen atoms in total. The Morgan fingerprint density at radius 3 is 2.81 bits per heavy atom. The van der Waals surface area contributed by atoms with Gasteiger partial charge in [0.25, 0.3) is 0 Å². The Morgan fingerprint density at radius 1 is 1.33 bits per heavy atom. The summed E-state index contributed by atoms with van der Waals surface area (Å²) in [6.45, 7) is 2.26. The van der Waals surface area contributed by atoms with E-state index < -0.39 is 6.04 Å². The van der Waals surface area contributed by atoms with E-state index in [2.05, 4.69) is 4.98 Å². The number of amides is 1. The predicted octanol–water partition coefficient (Wildman–Crippen LogP) is 3.77. The van der Waals surface area contributed by atoms with Gasteiger partial charge < -0.3 is 20.7 Å². The quantitative estimate of drug-likeness (QED) is 0.606. The van der Waals surface area contributed by atoms with Gasteiger partial charge in [-0.2, -0.15) is 0 Å². The summed E-state index contributed by atoms with van der Waals surface area (Å²) in [6, 6.07) is 11.9. The average molecular weight is 406 g/mol. The van der Waals surface area contributed by atoms with Gasteiger partial charge in [-0.1, -0.05) is 23.7 Å². The van der Waals surface area contributed by atoms with Crippen LogP contribution in [-0.2, 0) is 11.2 Å². The molecule has 3 aromatic rings. The fourth-order valence-corrected chi connectivity index (χ4v) is 3.97. The predicted molar refractivity (Wildman–Crippen MR) is 110 cm³/mol. The number of carbonyl (C=O) groups excluding carboxylic acids is 1. The number of phenolic OH excluding ortho intramolecular Hbond substituents is 1. The molecule has 1 aromatic heterocycles. The van der Waals surface area contributed by atoms with Crippen LogP contribution in [-0.4, -0.2) is 33.5 Å². The molecule has 27 heavy (non-hydrogen) atoms. The molecular formula is C20H21Cl2N3O2. The minimum absolute atomic E-state index is 0. The van der Waals surface area contributed by atoms with Crippen molar-refractivity contribution in [1.82, 2.24) is 9.88 Å². The van der Waals surface area contributed by atoms with Gasteiger partial charge in [0, 0.05) is 28.2 Å². The molecule has 2 heterocycles. The first-order chi connectivity index (χ1) is 12.5. The minimum atomic E-state index is -0.588. The molecule has 2 atom stereocenters. The topological polar surface area (TPSA) is 82.4 Å². The van der Waals surface area contributed by atoms with Gasteiger partial charge in [0.2, 0.25) is 5.91 Å². The van der Waals surface area contributed by atoms with Gasteiger partial charge in [-0.15, -0.1) is 12.4 Å². The van der Waals surface area contributed by atoms with Crippen molar-refractivity contribution in [2.24, 2.45) is 5.73 Å². The molecular weight excluding hydrogens is 385 g/mol. The molecule has 0 saturated heterocycles. The third-order valence-electron chi connectivity index (χ3n) is 4.95. The molecule has 2 aromatic carbocycles. The Bertz CT molecular complexity index is 1000. The number of nitrogens with one attached hydrogen (secondary N) is 1. The van der Waals surface area contributed by atoms with Crippen LogP contribution in [0.2, 0.25) is 5.02 Å². The summed E-state index contributed by atoms with van der Waals surface area (Å²) >= 11 is 6.18. The second-order valence-electron chi connectivity index (χ2n) is 6.77. The van der Waals surface area contributed by atoms with E-state index >= 15 is 0 Å². The van der Waals surface area contributed by atoms with Crippen LogP contribution in [0.5, 0.6) is 5.75 Å². The number of hydrogen-bond acceptors (Lipinski definition) is 3. The lowest BCUT2D eigenvalue weighted by Crippen LogP contribution is -2.47. The van der Waals surface area contributed by atoms with Crippen LogP contribution >= 0.6 is 24.0 Å². The minimum Gasteiger partial charge on any atom is -0.508 e. The summed E-state index contributed by atoms with van der Waals surface area (Å²) in [7, 11) is 0. The lowest BCUT2D eigenvalue weighted by atomic mass is 9.91. The Kier molecular flexibility index (Phi) is 5.38. The first kappa shape index (κ1) is 19.5. The van der Waals surface area contributed by atoms with Crippen molar-refractivity contribution in [1.29, 1.82) is 0 Å². The van der Waals surface area contributed by atoms with Crippen LogP contribution in [0.15, 0.2) is 42.5 Å². The van der Waals surface area contributed by atoms with Gasteiger partial charge in [0.15, 0.2) is 0 Å². The maximum absolute atomic E-state index is 12.7. The van der Waals surface area contributed by atoms with Gasteiger partial charge in [-0.05, 0) is 54.8 Å². The van der Waals surface area contributed by atoms with Gasteiger partial charge in [0.1, 0.15) is 5.75 Å². The summed E-state index contributed by atoms with van der Waals surface area (Å²) < 4.78 is 0. The summed E-state index contributed by atoms with van der Waals surface area (Å²) in [4.78, 5) is 18.0. The first-order valence-corrected chi connectivity index (χ1v) is 8.98. The Morgan fingerprint density at radius 2 is 2.11 bits per heavy atom. The lowest BCUT2D eigenvalue weighted by Gasteiger charge is -2.37. The summed E-state index contributed by atoms with van der Waals surface area (Å²) in [6.07, 6.45) is 0.726. The molecule has 7 heteroatoms. The highest BCUT2D eigenvalue weighted by atomic mass is 35.5. The summed E-state index contributed by atoms with van der Waals surface area (Å²) in [5, 5.41) is 11.7. The second-order valence-corrected chi connectivity index (χ2v) is 7.21. The number of hydrogen-bond donors (Lipinski definition) is 3. The molecule has 0 aliphatic carbocycles. The van der Waals surface area contributed by atoms with Gasteiger partial charge in [-0.25, -0.2) is 0 Å². The standard InChI is InChI=1S/C20H20ClN3O2.ClH/c1-11(22)20(26)24-8-7-15-16-10-13(21)5-6-17(16)23-18(15)19(24)12-3-2-4-14(25)9-12;/h2-6,9-11,19,23,25H,7-8,22H2,1H3;1H. The van der Waals surface area contributed by atoms with Crippen molar-refractivity contribution in [2.75, 3.05) is 6.54 Å². The summed E-state index contributed by atoms with van der Waals surface area (Å²) in [5.74, 6) is 0.0580. The van der Waals surface area contributed by atoms with Crippen molar-refractivity contribution in [2.45, 2.75) is 25.4 Å². The van der Waals surface area contributed by atoms with Gasteiger partial charge in [-0.3, -0.25) is 4.79 Å². The number of rotatable bonds is 2. The zero-order valence-electron chi connectivity index (χ0n) is 14.8. The zero-order chi connectivity index (χ0) is 18.4. The molecule has 4 rings (SSSR count). The number of aromatic hydroxyl groups is 1. The van der Waals surface area contributed by atoms with E-state index in [4.69, 9.17) is 17.3 Å². The number of aromatic amines is 1. The van der Waals surface area contributed by atoms with Crippen LogP contribution in [0, 0.1) is 0 Å². The van der Waals surface area contributed by atoms with E-state index in [9.17, 15) is 9.90 Å². The molecule has 0 fully saturated rings. The molecule has 4 N–H and O–H groups in total. The normalized spacial score (nSPS) is 17.3. The number of benzene rings is 2. The van der Waals surface area contributed by atoms with Crippen molar-refractivity contribution in [3.63, 3.8) is 0 Å². The molecule has 1 aliphatic rings. The second kappa shape index (κ2) is 7.43. The van der Waals surface area contributed by atoms with Crippen molar-refractivity contribution >= 4 is 40.8 Å². The number of H-pyrrole nitrogens is 1. The van der Waals surface area contributed by atoms with E-state index in [0.29, 0.717) is 11.6 Å². The van der Waals surface area contributed by atoms with Crippen LogP contribution in [0.1, 0.15) is 29.8 Å². The van der Waals surface area contributed by atoms with Crippen LogP contribution in [0.3, 0.4) is 0 Å². The third kappa shape index (κ3) is 3.38. The van der Waals surface area contributed by atoms with E-state index in [1.807, 2.05) is 24.3 Å². The van der Waals surface area contributed by atoms with Crippen molar-refractivity contribution in [3.05, 3.63) is 64.3 Å². The van der Waals surface area contributed by atoms with Gasteiger partial charge in [0.05, 0.1) is 12.1 Å². The largest absolute Gasteiger partial charge is 0.508 e. The zero-order valence-corrected chi connectivity index (χ0v) is 16.3. The molecule has 0 bridgehead atoms. The van der Waals surface area contributed by atoms with Crippen LogP contribution < -0.4 is 5.73 Å². The Hall–Kier alpha value is -2.21. The van der Waals surface area contributed by atoms with Crippen LogP contribution in [0.25, 0.3) is 10.9 Å². The van der Waals surface area contributed by atoms with Crippen molar-refractivity contribution < 1.29 is 9.90 Å². The maximum Gasteiger partial charge on any atom is 0.240 e. The number of halogens is 2. The lowest BCUT2D eigenvalue weighted by molar-refractivity contribution is -0.134. The SMILES string of the molecule is CC(N)C(=O)N1CCc2c([nH]c3ccc(Cl)cc23)C1c1cccc(O)c1.Cl. The molecule has 2 unspecified atom stereocenters. The monoisotopic (exact) mass is 405 g/mol. The highest BCUT2D eigenvalue weighted by molar-refractivity contribution is 6.31. The molecule has 142 valence electrons. The fraction of sp³-hybridized carbons (Fsp3) is 0.250. The molecule has 0 radical (unpaired) electrons. The maximum atomic E-state index is 12.7. The smallest absolute Gasteiger partial charge is 0.240 e. The molecule has 0 saturated carbocycles. The van der Waals surface area contributed by atoms with E-state index in [1.54, 1.807) is 30.0 Å².